The molecule has 2 atom stereocenters. The number of sulfonamides is 1. The summed E-state index contributed by atoms with van der Waals surface area (Å²) in [6.45, 7) is 5.76. The van der Waals surface area contributed by atoms with E-state index >= 15 is 0 Å². The highest BCUT2D eigenvalue weighted by atomic mass is 35.5. The Morgan fingerprint density at radius 1 is 1.17 bits per heavy atom. The summed E-state index contributed by atoms with van der Waals surface area (Å²) < 4.78 is 27.4. The molecule has 1 aliphatic rings. The maximum Gasteiger partial charge on any atom is 0.407 e. The second-order valence-electron chi connectivity index (χ2n) is 7.20. The zero-order valence-electron chi connectivity index (χ0n) is 16.1. The second-order valence-corrected chi connectivity index (χ2v) is 9.27. The Balaban J connectivity index is 1.63. The molecule has 2 aromatic rings. The van der Waals surface area contributed by atoms with Crippen LogP contribution in [-0.4, -0.2) is 59.6 Å². The number of nitrogens with one attached hydrogen (secondary N) is 1. The fourth-order valence-corrected chi connectivity index (χ4v) is 4.72. The van der Waals surface area contributed by atoms with Crippen LogP contribution in [0, 0.1) is 0 Å². The lowest BCUT2D eigenvalue weighted by Gasteiger charge is -2.42. The number of hydrogen-bond donors (Lipinski definition) is 2. The van der Waals surface area contributed by atoms with Gasteiger partial charge >= 0.3 is 6.09 Å². The van der Waals surface area contributed by atoms with Crippen molar-refractivity contribution in [3.63, 3.8) is 0 Å². The van der Waals surface area contributed by atoms with Crippen molar-refractivity contribution in [2.75, 3.05) is 17.8 Å². The maximum absolute atomic E-state index is 12.4. The van der Waals surface area contributed by atoms with Gasteiger partial charge in [0, 0.05) is 43.6 Å². The summed E-state index contributed by atoms with van der Waals surface area (Å²) in [6.07, 6.45) is 0.315. The largest absolute Gasteiger partial charge is 0.465 e. The van der Waals surface area contributed by atoms with Crippen LogP contribution in [0.4, 0.5) is 10.5 Å². The van der Waals surface area contributed by atoms with Crippen LogP contribution in [0.1, 0.15) is 19.4 Å². The molecule has 1 saturated heterocycles. The molecule has 29 heavy (non-hydrogen) atoms. The van der Waals surface area contributed by atoms with Gasteiger partial charge in [0.05, 0.1) is 0 Å². The Hall–Kier alpha value is -2.36. The third-order valence-electron chi connectivity index (χ3n) is 4.84. The minimum Gasteiger partial charge on any atom is -0.465 e. The number of piperazine rings is 1. The number of hydrogen-bond acceptors (Lipinski definition) is 5. The van der Waals surface area contributed by atoms with Crippen molar-refractivity contribution < 1.29 is 18.3 Å². The number of halogens is 1. The molecule has 0 saturated carbocycles. The normalized spacial score (nSPS) is 20.4. The predicted octanol–water partition coefficient (Wildman–Crippen LogP) is 3.11. The lowest BCUT2D eigenvalue weighted by atomic mass is 10.1. The number of amides is 1. The molecular formula is C19H23ClN4O4S. The molecule has 0 unspecified atom stereocenters. The van der Waals surface area contributed by atoms with Crippen molar-refractivity contribution in [3.8, 4) is 0 Å². The topological polar surface area (TPSA) is 103 Å². The average Bonchev–Trinajstić information content (AvgIpc) is 2.62. The third-order valence-corrected chi connectivity index (χ3v) is 6.43. The SMILES string of the molecule is C[C@@H]1CN(Cc2ccc(NS(=O)(=O)c3ccc(Cl)nc3)cc2)C[C@H](C)N1C(=O)O. The summed E-state index contributed by atoms with van der Waals surface area (Å²) in [5, 5.41) is 9.54. The number of nitrogens with zero attached hydrogens (tertiary/aromatic N) is 3. The van der Waals surface area contributed by atoms with Crippen LogP contribution < -0.4 is 4.72 Å². The van der Waals surface area contributed by atoms with E-state index in [2.05, 4.69) is 14.6 Å². The van der Waals surface area contributed by atoms with Crippen molar-refractivity contribution in [2.45, 2.75) is 37.4 Å². The van der Waals surface area contributed by atoms with E-state index < -0.39 is 16.1 Å². The molecule has 156 valence electrons. The molecule has 1 amide bonds. The molecule has 2 heterocycles. The van der Waals surface area contributed by atoms with Crippen molar-refractivity contribution in [1.82, 2.24) is 14.8 Å². The molecule has 1 aromatic carbocycles. The number of carbonyl (C=O) groups is 1. The summed E-state index contributed by atoms with van der Waals surface area (Å²) in [5.74, 6) is 0. The van der Waals surface area contributed by atoms with Crippen molar-refractivity contribution in [1.29, 1.82) is 0 Å². The minimum atomic E-state index is -3.74. The first-order valence-corrected chi connectivity index (χ1v) is 11.0. The van der Waals surface area contributed by atoms with E-state index in [-0.39, 0.29) is 22.1 Å². The van der Waals surface area contributed by atoms with E-state index in [1.165, 1.54) is 23.2 Å². The Morgan fingerprint density at radius 3 is 2.31 bits per heavy atom. The van der Waals surface area contributed by atoms with Gasteiger partial charge in [-0.1, -0.05) is 23.7 Å². The monoisotopic (exact) mass is 438 g/mol. The molecule has 2 N–H and O–H groups in total. The van der Waals surface area contributed by atoms with E-state index in [0.717, 1.165) is 5.56 Å². The Kier molecular flexibility index (Phi) is 6.30. The third kappa shape index (κ3) is 5.17. The van der Waals surface area contributed by atoms with Crippen LogP contribution in [0.25, 0.3) is 0 Å². The summed E-state index contributed by atoms with van der Waals surface area (Å²) >= 11 is 5.70. The minimum absolute atomic E-state index is 0.0326. The lowest BCUT2D eigenvalue weighted by molar-refractivity contribution is 0.0381. The molecule has 8 nitrogen and oxygen atoms in total. The van der Waals surface area contributed by atoms with E-state index in [9.17, 15) is 18.3 Å². The summed E-state index contributed by atoms with van der Waals surface area (Å²) in [7, 11) is -3.74. The van der Waals surface area contributed by atoms with Crippen molar-refractivity contribution in [2.24, 2.45) is 0 Å². The number of anilines is 1. The average molecular weight is 439 g/mol. The van der Waals surface area contributed by atoms with E-state index in [1.807, 2.05) is 26.0 Å². The fraction of sp³-hybridized carbons (Fsp3) is 0.368. The Morgan fingerprint density at radius 2 is 1.79 bits per heavy atom. The molecule has 1 fully saturated rings. The summed E-state index contributed by atoms with van der Waals surface area (Å²) in [4.78, 5) is 18.9. The second kappa shape index (κ2) is 8.56. The van der Waals surface area contributed by atoms with Crippen LogP contribution in [0.3, 0.4) is 0 Å². The van der Waals surface area contributed by atoms with Crippen LogP contribution in [0.2, 0.25) is 5.15 Å². The number of pyridine rings is 1. The molecule has 1 aromatic heterocycles. The number of rotatable bonds is 5. The first kappa shape index (κ1) is 21.4. The molecule has 1 aliphatic heterocycles. The standard InChI is InChI=1S/C19H23ClN4O4S/c1-13-10-23(11-14(2)24(13)19(25)26)12-15-3-5-16(6-4-15)22-29(27,28)17-7-8-18(20)21-9-17/h3-9,13-14,22H,10-12H2,1-2H3,(H,25,26)/t13-,14+. The fourth-order valence-electron chi connectivity index (χ4n) is 3.61. The quantitative estimate of drug-likeness (QED) is 0.695. The van der Waals surface area contributed by atoms with Gasteiger partial charge < -0.3 is 10.0 Å². The molecule has 10 heteroatoms. The van der Waals surface area contributed by atoms with Gasteiger partial charge in [0.1, 0.15) is 10.0 Å². The van der Waals surface area contributed by atoms with Crippen LogP contribution in [0.15, 0.2) is 47.5 Å². The molecule has 0 bridgehead atoms. The van der Waals surface area contributed by atoms with E-state index in [0.29, 0.717) is 25.3 Å². The van der Waals surface area contributed by atoms with Crippen LogP contribution in [-0.2, 0) is 16.6 Å². The zero-order chi connectivity index (χ0) is 21.2. The first-order chi connectivity index (χ1) is 13.7. The lowest BCUT2D eigenvalue weighted by Crippen LogP contribution is -2.57. The number of aromatic nitrogens is 1. The first-order valence-electron chi connectivity index (χ1n) is 9.12. The van der Waals surface area contributed by atoms with Gasteiger partial charge in [-0.3, -0.25) is 9.62 Å². The van der Waals surface area contributed by atoms with Crippen molar-refractivity contribution >= 4 is 33.4 Å². The van der Waals surface area contributed by atoms with Crippen molar-refractivity contribution in [3.05, 3.63) is 53.3 Å². The predicted molar refractivity (Wildman–Crippen MR) is 111 cm³/mol. The molecule has 3 rings (SSSR count). The Bertz CT molecular complexity index is 955. The van der Waals surface area contributed by atoms with E-state index in [1.54, 1.807) is 12.1 Å². The Labute approximate surface area is 175 Å². The summed E-state index contributed by atoms with van der Waals surface area (Å²) in [5.41, 5.74) is 1.46. The van der Waals surface area contributed by atoms with Gasteiger partial charge in [-0.25, -0.2) is 18.2 Å². The molecule has 0 spiro atoms. The highest BCUT2D eigenvalue weighted by molar-refractivity contribution is 7.92. The molecular weight excluding hydrogens is 416 g/mol. The molecule has 0 aliphatic carbocycles. The number of benzene rings is 1. The van der Waals surface area contributed by atoms with Gasteiger partial charge in [-0.15, -0.1) is 0 Å². The van der Waals surface area contributed by atoms with Gasteiger partial charge in [-0.2, -0.15) is 0 Å². The van der Waals surface area contributed by atoms with E-state index in [4.69, 9.17) is 11.6 Å². The van der Waals surface area contributed by atoms with Gasteiger partial charge in [0.25, 0.3) is 10.0 Å². The van der Waals surface area contributed by atoms with Gasteiger partial charge in [0.2, 0.25) is 0 Å². The highest BCUT2D eigenvalue weighted by Crippen LogP contribution is 2.20. The highest BCUT2D eigenvalue weighted by Gasteiger charge is 2.32. The summed E-state index contributed by atoms with van der Waals surface area (Å²) in [6, 6.07) is 9.77. The van der Waals surface area contributed by atoms with Crippen LogP contribution >= 0.6 is 11.6 Å². The van der Waals surface area contributed by atoms with Gasteiger partial charge in [-0.05, 0) is 43.7 Å². The maximum atomic E-state index is 12.4. The molecule has 0 radical (unpaired) electrons. The van der Waals surface area contributed by atoms with Gasteiger partial charge in [0.15, 0.2) is 0 Å². The smallest absolute Gasteiger partial charge is 0.407 e. The number of carboxylic acid groups (broad SMARTS) is 1. The van der Waals surface area contributed by atoms with Crippen LogP contribution in [0.5, 0.6) is 0 Å². The zero-order valence-corrected chi connectivity index (χ0v) is 17.7.